The van der Waals surface area contributed by atoms with Gasteiger partial charge in [0.05, 0.1) is 0 Å². The molecule has 1 heterocycles. The Morgan fingerprint density at radius 1 is 1.28 bits per heavy atom. The zero-order valence-corrected chi connectivity index (χ0v) is 17.4. The Balaban J connectivity index is 0.000000730. The predicted molar refractivity (Wildman–Crippen MR) is 94.6 cm³/mol. The van der Waals surface area contributed by atoms with Gasteiger partial charge in [-0.05, 0) is 31.6 Å². The van der Waals surface area contributed by atoms with Gasteiger partial charge in [-0.2, -0.15) is 18.2 Å². The molecule has 0 aromatic heterocycles. The fourth-order valence-electron chi connectivity index (χ4n) is 2.65. The summed E-state index contributed by atoms with van der Waals surface area (Å²) in [6.07, 6.45) is 3.34. The van der Waals surface area contributed by atoms with Crippen LogP contribution in [0, 0.1) is 6.07 Å². The Morgan fingerprint density at radius 3 is 2.72 bits per heavy atom. The van der Waals surface area contributed by atoms with Crippen molar-refractivity contribution in [2.24, 2.45) is 0 Å². The summed E-state index contributed by atoms with van der Waals surface area (Å²) in [5.74, 6) is 0.945. The van der Waals surface area contributed by atoms with Crippen LogP contribution in [0.15, 0.2) is 48.5 Å². The third-order valence-corrected chi connectivity index (χ3v) is 3.73. The second-order valence-corrected chi connectivity index (χ2v) is 5.67. The molecule has 129 valence electrons. The molecule has 2 aromatic rings. The van der Waals surface area contributed by atoms with Gasteiger partial charge in [0.2, 0.25) is 0 Å². The smallest absolute Gasteiger partial charge is 0.111 e. The molecule has 5 heteroatoms. The van der Waals surface area contributed by atoms with Crippen LogP contribution < -0.4 is 4.74 Å². The molecule has 1 aliphatic heterocycles. The van der Waals surface area contributed by atoms with Crippen LogP contribution in [0.3, 0.4) is 0 Å². The van der Waals surface area contributed by atoms with E-state index in [1.807, 2.05) is 18.2 Å². The van der Waals surface area contributed by atoms with Crippen molar-refractivity contribution in [3.63, 3.8) is 0 Å². The topological polar surface area (TPSA) is 49.8 Å². The molecule has 0 aliphatic carbocycles. The van der Waals surface area contributed by atoms with Crippen LogP contribution in [0.4, 0.5) is 0 Å². The average molecular weight is 412 g/mol. The number of rotatable bonds is 3. The molecule has 0 saturated carbocycles. The molecule has 1 aliphatic rings. The first kappa shape index (κ1) is 21.6. The SMILES string of the molecule is CN(C)CC/C=C1/c2ccccc2COc2cc[c-]cc21.O=[C-]O.[Y]. The second kappa shape index (κ2) is 11.2. The van der Waals surface area contributed by atoms with E-state index in [-0.39, 0.29) is 32.7 Å². The van der Waals surface area contributed by atoms with Gasteiger partial charge in [0, 0.05) is 45.0 Å². The maximum absolute atomic E-state index is 8.24. The fraction of sp³-hybridized carbons (Fsp3) is 0.250. The minimum absolute atomic E-state index is 0. The Kier molecular flexibility index (Phi) is 9.65. The maximum atomic E-state index is 8.24. The number of nitrogens with zero attached hydrogens (tertiary/aromatic N) is 1. The van der Waals surface area contributed by atoms with E-state index < -0.39 is 0 Å². The normalized spacial score (nSPS) is 13.3. The molecule has 0 atom stereocenters. The zero-order valence-electron chi connectivity index (χ0n) is 14.5. The standard InChI is InChI=1S/C19H20NO.CHO2.Y/c1-20(2)13-7-11-17-16-9-4-3-8-15(16)14-21-19-12-6-5-10-18(17)19;2-1-3;/h3-4,6,8-12H,7,13-14H2,1-2H3;(H,2,3);/q2*-1;/b17-11-;;. The summed E-state index contributed by atoms with van der Waals surface area (Å²) in [4.78, 5) is 10.4. The van der Waals surface area contributed by atoms with Gasteiger partial charge in [0.15, 0.2) is 0 Å². The van der Waals surface area contributed by atoms with Crippen LogP contribution in [0.1, 0.15) is 23.1 Å². The maximum Gasteiger partial charge on any atom is 0.111 e. The van der Waals surface area contributed by atoms with Crippen LogP contribution in [-0.4, -0.2) is 37.1 Å². The van der Waals surface area contributed by atoms with Gasteiger partial charge in [0.1, 0.15) is 6.61 Å². The first-order valence-electron chi connectivity index (χ1n) is 7.75. The molecule has 0 unspecified atom stereocenters. The Labute approximate surface area is 174 Å². The van der Waals surface area contributed by atoms with Crippen molar-refractivity contribution >= 4 is 12.0 Å². The van der Waals surface area contributed by atoms with E-state index in [1.165, 1.54) is 16.7 Å². The van der Waals surface area contributed by atoms with Crippen LogP contribution >= 0.6 is 0 Å². The molecule has 2 aromatic carbocycles. The summed E-state index contributed by atoms with van der Waals surface area (Å²) in [6, 6.07) is 17.6. The third kappa shape index (κ3) is 6.07. The number of fused-ring (bicyclic) bond motifs is 2. The molecular weight excluding hydrogens is 391 g/mol. The van der Waals surface area contributed by atoms with E-state index in [9.17, 15) is 0 Å². The Hall–Kier alpha value is -1.49. The van der Waals surface area contributed by atoms with Gasteiger partial charge in [-0.15, -0.1) is 6.07 Å². The van der Waals surface area contributed by atoms with Crippen molar-refractivity contribution in [3.05, 3.63) is 71.3 Å². The number of benzene rings is 2. The van der Waals surface area contributed by atoms with Gasteiger partial charge in [-0.3, -0.25) is 0 Å². The third-order valence-electron chi connectivity index (χ3n) is 3.73. The second-order valence-electron chi connectivity index (χ2n) is 5.67. The van der Waals surface area contributed by atoms with Crippen LogP contribution in [0.2, 0.25) is 0 Å². The molecule has 3 rings (SSSR count). The zero-order chi connectivity index (χ0) is 17.4. The average Bonchev–Trinajstić information content (AvgIpc) is 2.73. The summed E-state index contributed by atoms with van der Waals surface area (Å²) in [7, 11) is 4.20. The van der Waals surface area contributed by atoms with Crippen molar-refractivity contribution < 1.29 is 47.3 Å². The van der Waals surface area contributed by atoms with Gasteiger partial charge in [0.25, 0.3) is 0 Å². The molecule has 1 N–H and O–H groups in total. The van der Waals surface area contributed by atoms with E-state index in [0.717, 1.165) is 24.3 Å². The summed E-state index contributed by atoms with van der Waals surface area (Å²) in [5.41, 5.74) is 4.91. The van der Waals surface area contributed by atoms with E-state index in [0.29, 0.717) is 13.1 Å². The predicted octanol–water partition coefficient (Wildman–Crippen LogP) is 3.37. The number of hydrogen-bond donors (Lipinski definition) is 1. The van der Waals surface area contributed by atoms with Crippen molar-refractivity contribution in [1.29, 1.82) is 0 Å². The monoisotopic (exact) mass is 412 g/mol. The van der Waals surface area contributed by atoms with E-state index in [2.05, 4.69) is 55.4 Å². The molecular formula is C20H21NO3Y-2. The van der Waals surface area contributed by atoms with E-state index >= 15 is 0 Å². The molecule has 0 fully saturated rings. The summed E-state index contributed by atoms with van der Waals surface area (Å²) >= 11 is 0. The first-order chi connectivity index (χ1) is 11.7. The minimum atomic E-state index is 0. The molecule has 0 bridgehead atoms. The van der Waals surface area contributed by atoms with Gasteiger partial charge >= 0.3 is 0 Å². The van der Waals surface area contributed by atoms with E-state index in [1.54, 1.807) is 0 Å². The summed E-state index contributed by atoms with van der Waals surface area (Å²) in [5, 5.41) is 6.76. The molecule has 0 saturated heterocycles. The molecule has 25 heavy (non-hydrogen) atoms. The van der Waals surface area contributed by atoms with Crippen molar-refractivity contribution in [3.8, 4) is 5.75 Å². The Morgan fingerprint density at radius 2 is 2.00 bits per heavy atom. The first-order valence-corrected chi connectivity index (χ1v) is 7.75. The minimum Gasteiger partial charge on any atom is -0.665 e. The number of hydrogen-bond acceptors (Lipinski definition) is 3. The van der Waals surface area contributed by atoms with Crippen LogP contribution in [0.5, 0.6) is 5.75 Å². The Bertz CT molecular complexity index is 664. The number of aliphatic hydroxyl groups excluding tert-OH is 1. The van der Waals surface area contributed by atoms with E-state index in [4.69, 9.17) is 14.6 Å². The van der Waals surface area contributed by atoms with Gasteiger partial charge in [-0.25, -0.2) is 0 Å². The molecule has 0 spiro atoms. The van der Waals surface area contributed by atoms with Crippen LogP contribution in [0.25, 0.3) is 5.57 Å². The largest absolute Gasteiger partial charge is 0.665 e. The molecule has 4 nitrogen and oxygen atoms in total. The summed E-state index contributed by atoms with van der Waals surface area (Å²) in [6.45, 7) is 2.16. The quantitative estimate of drug-likeness (QED) is 0.786. The fourth-order valence-corrected chi connectivity index (χ4v) is 2.65. The van der Waals surface area contributed by atoms with Crippen molar-refractivity contribution in [2.75, 3.05) is 20.6 Å². The molecule has 0 amide bonds. The van der Waals surface area contributed by atoms with Crippen molar-refractivity contribution in [1.82, 2.24) is 4.90 Å². The molecule has 1 radical (unpaired) electrons. The van der Waals surface area contributed by atoms with Crippen LogP contribution in [-0.2, 0) is 44.1 Å². The summed E-state index contributed by atoms with van der Waals surface area (Å²) < 4.78 is 5.96. The van der Waals surface area contributed by atoms with Crippen molar-refractivity contribution in [2.45, 2.75) is 13.0 Å². The van der Waals surface area contributed by atoms with Gasteiger partial charge in [-0.1, -0.05) is 48.0 Å². The van der Waals surface area contributed by atoms with Gasteiger partial charge < -0.3 is 19.5 Å². The number of ether oxygens (including phenoxy) is 1.